The molecule has 0 aliphatic heterocycles. The van der Waals surface area contributed by atoms with Crippen LogP contribution in [0.4, 0.5) is 5.69 Å². The Kier molecular flexibility index (Phi) is 8.17. The quantitative estimate of drug-likeness (QED) is 0.393. The number of carbonyl (C=O) groups is 2. The fraction of sp³-hybridized carbons (Fsp3) is 0.375. The lowest BCUT2D eigenvalue weighted by molar-refractivity contribution is -0.142. The van der Waals surface area contributed by atoms with Crippen molar-refractivity contribution in [2.24, 2.45) is 0 Å². The number of anilines is 1. The molecule has 0 saturated carbocycles. The highest BCUT2D eigenvalue weighted by Crippen LogP contribution is 2.23. The number of benzene rings is 1. The molecule has 0 saturated heterocycles. The van der Waals surface area contributed by atoms with E-state index < -0.39 is 18.5 Å². The van der Waals surface area contributed by atoms with E-state index in [9.17, 15) is 14.9 Å². The van der Waals surface area contributed by atoms with Crippen LogP contribution in [-0.4, -0.2) is 36.8 Å². The van der Waals surface area contributed by atoms with Crippen LogP contribution >= 0.6 is 0 Å². The second-order valence-corrected chi connectivity index (χ2v) is 7.61. The van der Waals surface area contributed by atoms with Crippen molar-refractivity contribution in [3.63, 3.8) is 0 Å². The molecule has 1 N–H and O–H groups in total. The molecule has 1 aromatic heterocycles. The molecule has 0 radical (unpaired) electrons. The van der Waals surface area contributed by atoms with Gasteiger partial charge in [0.25, 0.3) is 5.91 Å². The molecule has 1 heterocycles. The third kappa shape index (κ3) is 6.06. The van der Waals surface area contributed by atoms with E-state index in [-0.39, 0.29) is 11.6 Å². The number of methoxy groups -OCH3 is 1. The van der Waals surface area contributed by atoms with E-state index in [1.54, 1.807) is 7.11 Å². The summed E-state index contributed by atoms with van der Waals surface area (Å²) in [5, 5.41) is 12.2. The van der Waals surface area contributed by atoms with Crippen molar-refractivity contribution in [1.29, 1.82) is 5.26 Å². The first-order chi connectivity index (χ1) is 14.7. The average Bonchev–Trinajstić information content (AvgIpc) is 3.00. The monoisotopic (exact) mass is 423 g/mol. The van der Waals surface area contributed by atoms with Crippen LogP contribution in [0.25, 0.3) is 6.08 Å². The fourth-order valence-corrected chi connectivity index (χ4v) is 3.50. The van der Waals surface area contributed by atoms with Gasteiger partial charge in [-0.15, -0.1) is 0 Å². The molecule has 31 heavy (non-hydrogen) atoms. The van der Waals surface area contributed by atoms with Gasteiger partial charge >= 0.3 is 5.97 Å². The lowest BCUT2D eigenvalue weighted by Crippen LogP contribution is -2.21. The van der Waals surface area contributed by atoms with Crippen molar-refractivity contribution >= 4 is 23.6 Å². The molecular formula is C24H29N3O4. The molecule has 0 fully saturated rings. The van der Waals surface area contributed by atoms with Crippen LogP contribution in [0.5, 0.6) is 0 Å². The highest BCUT2D eigenvalue weighted by atomic mass is 16.5. The van der Waals surface area contributed by atoms with Gasteiger partial charge in [0.05, 0.1) is 12.6 Å². The molecule has 0 aliphatic carbocycles. The number of hydrogen-bond donors (Lipinski definition) is 1. The van der Waals surface area contributed by atoms with Crippen molar-refractivity contribution in [3.05, 3.63) is 57.9 Å². The summed E-state index contributed by atoms with van der Waals surface area (Å²) in [6.45, 7) is 9.78. The highest BCUT2D eigenvalue weighted by molar-refractivity contribution is 6.00. The molecule has 7 heteroatoms. The number of rotatable bonds is 8. The molecule has 0 aliphatic rings. The van der Waals surface area contributed by atoms with Crippen molar-refractivity contribution in [1.82, 2.24) is 4.57 Å². The maximum Gasteiger partial charge on any atom is 0.349 e. The Morgan fingerprint density at radius 3 is 2.58 bits per heavy atom. The van der Waals surface area contributed by atoms with Gasteiger partial charge < -0.3 is 19.4 Å². The van der Waals surface area contributed by atoms with E-state index in [1.807, 2.05) is 65.0 Å². The number of ether oxygens (including phenoxy) is 2. The fourth-order valence-electron chi connectivity index (χ4n) is 3.50. The topological polar surface area (TPSA) is 93.3 Å². The maximum atomic E-state index is 12.4. The van der Waals surface area contributed by atoms with E-state index in [0.29, 0.717) is 12.3 Å². The highest BCUT2D eigenvalue weighted by Gasteiger charge is 2.17. The predicted molar refractivity (Wildman–Crippen MR) is 120 cm³/mol. The van der Waals surface area contributed by atoms with Crippen LogP contribution < -0.4 is 5.32 Å². The largest absolute Gasteiger partial charge is 0.451 e. The van der Waals surface area contributed by atoms with Crippen LogP contribution in [0.2, 0.25) is 0 Å². The lowest BCUT2D eigenvalue weighted by atomic mass is 10.1. The number of hydrogen-bond acceptors (Lipinski definition) is 5. The van der Waals surface area contributed by atoms with Crippen LogP contribution in [-0.2, 0) is 19.1 Å². The third-order valence-corrected chi connectivity index (χ3v) is 5.01. The van der Waals surface area contributed by atoms with Gasteiger partial charge in [-0.05, 0) is 69.5 Å². The first kappa shape index (κ1) is 23.9. The molecule has 1 atom stereocenters. The molecular weight excluding hydrogens is 394 g/mol. The number of aromatic nitrogens is 1. The van der Waals surface area contributed by atoms with Gasteiger partial charge in [-0.25, -0.2) is 4.79 Å². The summed E-state index contributed by atoms with van der Waals surface area (Å²) in [5.74, 6) is -1.31. The van der Waals surface area contributed by atoms with Crippen molar-refractivity contribution in [2.75, 3.05) is 25.6 Å². The second-order valence-electron chi connectivity index (χ2n) is 7.61. The van der Waals surface area contributed by atoms with Crippen LogP contribution in [0.1, 0.15) is 41.0 Å². The summed E-state index contributed by atoms with van der Waals surface area (Å²) in [5.41, 5.74) is 5.05. The Labute approximate surface area is 183 Å². The average molecular weight is 424 g/mol. The Hall–Kier alpha value is -3.37. The van der Waals surface area contributed by atoms with Gasteiger partial charge in [0.1, 0.15) is 11.6 Å². The summed E-state index contributed by atoms with van der Waals surface area (Å²) in [6.07, 6.45) is 1.49. The number of esters is 1. The summed E-state index contributed by atoms with van der Waals surface area (Å²) < 4.78 is 12.4. The number of amides is 1. The molecule has 0 bridgehead atoms. The minimum absolute atomic E-state index is 0.110. The van der Waals surface area contributed by atoms with Gasteiger partial charge in [-0.2, -0.15) is 5.26 Å². The van der Waals surface area contributed by atoms with E-state index in [0.717, 1.165) is 28.1 Å². The van der Waals surface area contributed by atoms with Crippen molar-refractivity contribution in [3.8, 4) is 6.07 Å². The zero-order chi connectivity index (χ0) is 23.1. The number of nitrogens with one attached hydrogen (secondary N) is 1. The standard InChI is InChI=1S/C24H29N3O4/c1-15-7-8-16(2)22(9-15)26-23(28)14-31-24(29)21(12-25)11-20-10-17(3)27(19(20)5)18(4)13-30-6/h7-11,18H,13-14H2,1-6H3,(H,26,28)/b21-11+/t18-/m1/s1. The summed E-state index contributed by atoms with van der Waals surface area (Å²) in [6, 6.07) is 9.57. The lowest BCUT2D eigenvalue weighted by Gasteiger charge is -2.17. The maximum absolute atomic E-state index is 12.4. The van der Waals surface area contributed by atoms with Gasteiger partial charge in [0.2, 0.25) is 0 Å². The second kappa shape index (κ2) is 10.6. The van der Waals surface area contributed by atoms with Crippen molar-refractivity contribution in [2.45, 2.75) is 40.7 Å². The first-order valence-corrected chi connectivity index (χ1v) is 10.0. The van der Waals surface area contributed by atoms with Crippen molar-refractivity contribution < 1.29 is 19.1 Å². The smallest absolute Gasteiger partial charge is 0.349 e. The number of nitrogens with zero attached hydrogens (tertiary/aromatic N) is 2. The Morgan fingerprint density at radius 2 is 1.94 bits per heavy atom. The number of nitriles is 1. The molecule has 0 spiro atoms. The van der Waals surface area contributed by atoms with Gasteiger partial charge in [0, 0.05) is 24.2 Å². The minimum Gasteiger partial charge on any atom is -0.451 e. The van der Waals surface area contributed by atoms with Crippen LogP contribution in [0.3, 0.4) is 0 Å². The van der Waals surface area contributed by atoms with E-state index in [1.165, 1.54) is 6.08 Å². The third-order valence-electron chi connectivity index (χ3n) is 5.01. The molecule has 7 nitrogen and oxygen atoms in total. The normalized spacial score (nSPS) is 12.2. The zero-order valence-electron chi connectivity index (χ0n) is 18.9. The molecule has 1 aromatic carbocycles. The molecule has 2 aromatic rings. The van der Waals surface area contributed by atoms with Gasteiger partial charge in [-0.1, -0.05) is 12.1 Å². The number of aryl methyl sites for hydroxylation is 3. The van der Waals surface area contributed by atoms with E-state index in [2.05, 4.69) is 9.88 Å². The summed E-state index contributed by atoms with van der Waals surface area (Å²) in [7, 11) is 1.64. The Bertz CT molecular complexity index is 1040. The van der Waals surface area contributed by atoms with Crippen LogP contribution in [0, 0.1) is 39.0 Å². The summed E-state index contributed by atoms with van der Waals surface area (Å²) in [4.78, 5) is 24.6. The first-order valence-electron chi connectivity index (χ1n) is 10.0. The molecule has 164 valence electrons. The Balaban J connectivity index is 2.09. The minimum atomic E-state index is -0.839. The molecule has 2 rings (SSSR count). The Morgan fingerprint density at radius 1 is 1.23 bits per heavy atom. The molecule has 0 unspecified atom stereocenters. The van der Waals surface area contributed by atoms with E-state index >= 15 is 0 Å². The SMILES string of the molecule is COC[C@@H](C)n1c(C)cc(/C=C(\C#N)C(=O)OCC(=O)Nc2cc(C)ccc2C)c1C. The van der Waals surface area contributed by atoms with Gasteiger partial charge in [0.15, 0.2) is 6.61 Å². The number of carbonyl (C=O) groups excluding carboxylic acids is 2. The van der Waals surface area contributed by atoms with E-state index in [4.69, 9.17) is 9.47 Å². The predicted octanol–water partition coefficient (Wildman–Crippen LogP) is 4.02. The zero-order valence-corrected chi connectivity index (χ0v) is 18.9. The van der Waals surface area contributed by atoms with Crippen LogP contribution in [0.15, 0.2) is 29.8 Å². The molecule has 1 amide bonds. The van der Waals surface area contributed by atoms with Gasteiger partial charge in [-0.3, -0.25) is 4.79 Å². The summed E-state index contributed by atoms with van der Waals surface area (Å²) >= 11 is 0.